The third-order valence-electron chi connectivity index (χ3n) is 5.22. The number of rotatable bonds is 5. The standard InChI is InChI=1S/C18H28N2O2/c1-17(2)9-13(19)10-18(3,11-17)7-6-15(21)14-8-16(22-20-14)12-4-5-12/h8,12-13H,4-7,9-11,19H2,1-3H3. The molecule has 2 N–H and O–H groups in total. The van der Waals surface area contributed by atoms with E-state index in [2.05, 4.69) is 25.9 Å². The Morgan fingerprint density at radius 2 is 2.09 bits per heavy atom. The lowest BCUT2D eigenvalue weighted by molar-refractivity contribution is 0.0682. The Bertz CT molecular complexity index is 559. The topological polar surface area (TPSA) is 69.1 Å². The van der Waals surface area contributed by atoms with E-state index in [1.165, 1.54) is 0 Å². The van der Waals surface area contributed by atoms with E-state index in [0.29, 0.717) is 18.0 Å². The minimum Gasteiger partial charge on any atom is -0.360 e. The maximum Gasteiger partial charge on any atom is 0.184 e. The van der Waals surface area contributed by atoms with Gasteiger partial charge in [-0.2, -0.15) is 0 Å². The highest BCUT2D eigenvalue weighted by atomic mass is 16.5. The third kappa shape index (κ3) is 3.60. The second kappa shape index (κ2) is 5.48. The molecule has 2 fully saturated rings. The first-order valence-electron chi connectivity index (χ1n) is 8.52. The summed E-state index contributed by atoms with van der Waals surface area (Å²) in [7, 11) is 0. The number of nitrogens with two attached hydrogens (primary N) is 1. The summed E-state index contributed by atoms with van der Waals surface area (Å²) in [6, 6.07) is 2.09. The molecule has 1 aromatic rings. The summed E-state index contributed by atoms with van der Waals surface area (Å²) < 4.78 is 5.29. The molecular formula is C18H28N2O2. The first kappa shape index (κ1) is 15.7. The molecule has 0 saturated heterocycles. The van der Waals surface area contributed by atoms with E-state index in [1.54, 1.807) is 0 Å². The van der Waals surface area contributed by atoms with E-state index in [1.807, 2.05) is 6.07 Å². The van der Waals surface area contributed by atoms with Gasteiger partial charge in [-0.15, -0.1) is 0 Å². The number of carbonyl (C=O) groups is 1. The fraction of sp³-hybridized carbons (Fsp3) is 0.778. The predicted octanol–water partition coefficient (Wildman–Crippen LogP) is 4.06. The molecule has 4 heteroatoms. The lowest BCUT2D eigenvalue weighted by Crippen LogP contribution is -2.42. The van der Waals surface area contributed by atoms with Crippen LogP contribution >= 0.6 is 0 Å². The molecule has 2 unspecified atom stereocenters. The normalized spacial score (nSPS) is 31.2. The Kier molecular flexibility index (Phi) is 3.92. The molecule has 0 aromatic carbocycles. The van der Waals surface area contributed by atoms with Crippen molar-refractivity contribution < 1.29 is 9.32 Å². The molecule has 2 aliphatic rings. The Morgan fingerprint density at radius 3 is 2.73 bits per heavy atom. The van der Waals surface area contributed by atoms with E-state index < -0.39 is 0 Å². The SMILES string of the molecule is CC1(C)CC(N)CC(C)(CCC(=O)c2cc(C3CC3)on2)C1. The van der Waals surface area contributed by atoms with Gasteiger partial charge in [-0.3, -0.25) is 4.79 Å². The summed E-state index contributed by atoms with van der Waals surface area (Å²) in [5.41, 5.74) is 7.16. The van der Waals surface area contributed by atoms with Crippen molar-refractivity contribution in [3.8, 4) is 0 Å². The minimum atomic E-state index is 0.105. The quantitative estimate of drug-likeness (QED) is 0.833. The zero-order valence-corrected chi connectivity index (χ0v) is 14.0. The van der Waals surface area contributed by atoms with Crippen LogP contribution < -0.4 is 5.73 Å². The van der Waals surface area contributed by atoms with Crippen molar-refractivity contribution in [1.82, 2.24) is 5.16 Å². The molecule has 1 heterocycles. The van der Waals surface area contributed by atoms with Crippen molar-refractivity contribution in [3.63, 3.8) is 0 Å². The fourth-order valence-corrected chi connectivity index (χ4v) is 4.43. The van der Waals surface area contributed by atoms with Crippen LogP contribution in [-0.4, -0.2) is 17.0 Å². The van der Waals surface area contributed by atoms with E-state index in [0.717, 1.165) is 44.3 Å². The maximum absolute atomic E-state index is 12.4. The Morgan fingerprint density at radius 1 is 1.36 bits per heavy atom. The summed E-state index contributed by atoms with van der Waals surface area (Å²) in [6.07, 6.45) is 6.96. The molecule has 1 aromatic heterocycles. The number of hydrogen-bond donors (Lipinski definition) is 1. The van der Waals surface area contributed by atoms with Gasteiger partial charge < -0.3 is 10.3 Å². The molecule has 2 saturated carbocycles. The highest BCUT2D eigenvalue weighted by Crippen LogP contribution is 2.48. The lowest BCUT2D eigenvalue weighted by atomic mass is 9.61. The fourth-order valence-electron chi connectivity index (χ4n) is 4.43. The maximum atomic E-state index is 12.4. The van der Waals surface area contributed by atoms with Gasteiger partial charge in [-0.05, 0) is 49.4 Å². The number of nitrogens with zero attached hydrogens (tertiary/aromatic N) is 1. The molecule has 0 radical (unpaired) electrons. The van der Waals surface area contributed by atoms with E-state index in [-0.39, 0.29) is 22.7 Å². The summed E-state index contributed by atoms with van der Waals surface area (Å²) in [6.45, 7) is 6.84. The smallest absolute Gasteiger partial charge is 0.184 e. The zero-order chi connectivity index (χ0) is 16.0. The van der Waals surface area contributed by atoms with Crippen molar-refractivity contribution in [2.24, 2.45) is 16.6 Å². The molecule has 2 aliphatic carbocycles. The van der Waals surface area contributed by atoms with Gasteiger partial charge in [-0.1, -0.05) is 25.9 Å². The average molecular weight is 304 g/mol. The second-order valence-corrected chi connectivity index (χ2v) is 8.63. The molecule has 0 amide bonds. The van der Waals surface area contributed by atoms with Crippen molar-refractivity contribution in [2.45, 2.75) is 77.7 Å². The summed E-state index contributed by atoms with van der Waals surface area (Å²) in [4.78, 5) is 12.4. The largest absolute Gasteiger partial charge is 0.360 e. The van der Waals surface area contributed by atoms with E-state index in [9.17, 15) is 4.79 Å². The number of carbonyl (C=O) groups excluding carboxylic acids is 1. The van der Waals surface area contributed by atoms with Gasteiger partial charge in [0.05, 0.1) is 0 Å². The summed E-state index contributed by atoms with van der Waals surface area (Å²) >= 11 is 0. The van der Waals surface area contributed by atoms with Gasteiger partial charge in [-0.25, -0.2) is 0 Å². The van der Waals surface area contributed by atoms with Crippen molar-refractivity contribution >= 4 is 5.78 Å². The molecule has 0 aliphatic heterocycles. The molecule has 2 atom stereocenters. The van der Waals surface area contributed by atoms with Crippen LogP contribution in [0, 0.1) is 10.8 Å². The van der Waals surface area contributed by atoms with E-state index >= 15 is 0 Å². The minimum absolute atomic E-state index is 0.105. The summed E-state index contributed by atoms with van der Waals surface area (Å²) in [5.74, 6) is 1.49. The van der Waals surface area contributed by atoms with Gasteiger partial charge in [0.25, 0.3) is 0 Å². The van der Waals surface area contributed by atoms with Crippen molar-refractivity contribution in [1.29, 1.82) is 0 Å². The molecule has 3 rings (SSSR count). The predicted molar refractivity (Wildman–Crippen MR) is 85.8 cm³/mol. The first-order valence-corrected chi connectivity index (χ1v) is 8.52. The monoisotopic (exact) mass is 304 g/mol. The lowest BCUT2D eigenvalue weighted by Gasteiger charge is -2.45. The number of hydrogen-bond acceptors (Lipinski definition) is 4. The van der Waals surface area contributed by atoms with Gasteiger partial charge in [0.15, 0.2) is 5.78 Å². The van der Waals surface area contributed by atoms with Gasteiger partial charge in [0.1, 0.15) is 11.5 Å². The molecule has 4 nitrogen and oxygen atoms in total. The Hall–Kier alpha value is -1.16. The van der Waals surface area contributed by atoms with Crippen LogP contribution in [0.1, 0.15) is 87.9 Å². The third-order valence-corrected chi connectivity index (χ3v) is 5.22. The molecule has 22 heavy (non-hydrogen) atoms. The van der Waals surface area contributed by atoms with Crippen LogP contribution in [-0.2, 0) is 0 Å². The Labute approximate surface area is 132 Å². The molecule has 0 spiro atoms. The molecule has 122 valence electrons. The van der Waals surface area contributed by atoms with E-state index in [4.69, 9.17) is 10.3 Å². The second-order valence-electron chi connectivity index (χ2n) is 8.63. The number of Topliss-reactive ketones (excluding diaryl/α,β-unsaturated/α-hetero) is 1. The highest BCUT2D eigenvalue weighted by Gasteiger charge is 2.40. The highest BCUT2D eigenvalue weighted by molar-refractivity contribution is 5.94. The molecular weight excluding hydrogens is 276 g/mol. The number of ketones is 1. The first-order chi connectivity index (χ1) is 10.3. The van der Waals surface area contributed by atoms with Crippen LogP contribution in [0.3, 0.4) is 0 Å². The van der Waals surface area contributed by atoms with Crippen LogP contribution in [0.15, 0.2) is 10.6 Å². The van der Waals surface area contributed by atoms with Gasteiger partial charge >= 0.3 is 0 Å². The summed E-state index contributed by atoms with van der Waals surface area (Å²) in [5, 5.41) is 3.96. The van der Waals surface area contributed by atoms with Crippen LogP contribution in [0.5, 0.6) is 0 Å². The zero-order valence-electron chi connectivity index (χ0n) is 14.0. The van der Waals surface area contributed by atoms with Crippen LogP contribution in [0.4, 0.5) is 0 Å². The number of aromatic nitrogens is 1. The van der Waals surface area contributed by atoms with Gasteiger partial charge in [0.2, 0.25) is 0 Å². The van der Waals surface area contributed by atoms with Crippen molar-refractivity contribution in [2.75, 3.05) is 0 Å². The average Bonchev–Trinajstić information content (AvgIpc) is 3.11. The van der Waals surface area contributed by atoms with Gasteiger partial charge in [0, 0.05) is 24.4 Å². The van der Waals surface area contributed by atoms with Crippen molar-refractivity contribution in [3.05, 3.63) is 17.5 Å². The Balaban J connectivity index is 1.59. The molecule has 0 bridgehead atoms. The van der Waals surface area contributed by atoms with Crippen LogP contribution in [0.2, 0.25) is 0 Å². The van der Waals surface area contributed by atoms with Crippen LogP contribution in [0.25, 0.3) is 0 Å².